The third kappa shape index (κ3) is 2.13. The predicted molar refractivity (Wildman–Crippen MR) is 84.1 cm³/mol. The maximum absolute atomic E-state index is 6.71. The lowest BCUT2D eigenvalue weighted by molar-refractivity contribution is 0.275. The first kappa shape index (κ1) is 13.9. The topological polar surface area (TPSA) is 43.8 Å². The molecule has 108 valence electrons. The highest BCUT2D eigenvalue weighted by Gasteiger charge is 2.35. The second kappa shape index (κ2) is 5.05. The quantitative estimate of drug-likeness (QED) is 0.892. The average molecular weight is 292 g/mol. The standard InChI is InChI=1S/C16H22ClN3/c1-11(2)20-14-12(17)7-6-8-13(14)19-15(20)16(18)9-4-3-5-10-16/h6-8,11H,3-5,9-10,18H2,1-2H3. The van der Waals surface area contributed by atoms with E-state index in [1.165, 1.54) is 19.3 Å². The zero-order valence-electron chi connectivity index (χ0n) is 12.2. The van der Waals surface area contributed by atoms with E-state index in [0.717, 1.165) is 34.7 Å². The monoisotopic (exact) mass is 291 g/mol. The third-order valence-electron chi connectivity index (χ3n) is 4.37. The normalized spacial score (nSPS) is 18.9. The summed E-state index contributed by atoms with van der Waals surface area (Å²) in [5.74, 6) is 1.01. The summed E-state index contributed by atoms with van der Waals surface area (Å²) in [4.78, 5) is 4.84. The molecular weight excluding hydrogens is 270 g/mol. The van der Waals surface area contributed by atoms with Gasteiger partial charge in [-0.05, 0) is 38.8 Å². The number of hydrogen-bond donors (Lipinski definition) is 1. The Hall–Kier alpha value is -1.06. The number of imidazole rings is 1. The van der Waals surface area contributed by atoms with E-state index in [0.29, 0.717) is 6.04 Å². The van der Waals surface area contributed by atoms with Crippen molar-refractivity contribution in [2.24, 2.45) is 5.73 Å². The van der Waals surface area contributed by atoms with Gasteiger partial charge >= 0.3 is 0 Å². The molecule has 1 saturated carbocycles. The van der Waals surface area contributed by atoms with Gasteiger partial charge in [-0.15, -0.1) is 0 Å². The van der Waals surface area contributed by atoms with E-state index < -0.39 is 0 Å². The molecule has 0 radical (unpaired) electrons. The van der Waals surface area contributed by atoms with E-state index in [-0.39, 0.29) is 5.54 Å². The molecule has 2 aromatic rings. The molecule has 1 fully saturated rings. The minimum atomic E-state index is -0.301. The van der Waals surface area contributed by atoms with Crippen molar-refractivity contribution < 1.29 is 0 Å². The molecule has 2 N–H and O–H groups in total. The highest BCUT2D eigenvalue weighted by atomic mass is 35.5. The first-order valence-corrected chi connectivity index (χ1v) is 7.86. The number of fused-ring (bicyclic) bond motifs is 1. The molecule has 0 bridgehead atoms. The first-order chi connectivity index (χ1) is 9.53. The molecule has 0 saturated heterocycles. The number of aromatic nitrogens is 2. The Morgan fingerprint density at radius 2 is 1.95 bits per heavy atom. The summed E-state index contributed by atoms with van der Waals surface area (Å²) in [7, 11) is 0. The van der Waals surface area contributed by atoms with Gasteiger partial charge in [-0.25, -0.2) is 4.98 Å². The van der Waals surface area contributed by atoms with Crippen LogP contribution in [0.5, 0.6) is 0 Å². The summed E-state index contributed by atoms with van der Waals surface area (Å²) in [5, 5.41) is 0.759. The Kier molecular flexibility index (Phi) is 3.51. The van der Waals surface area contributed by atoms with E-state index in [4.69, 9.17) is 22.3 Å². The third-order valence-corrected chi connectivity index (χ3v) is 4.67. The molecule has 1 aliphatic rings. The van der Waals surface area contributed by atoms with Crippen LogP contribution in [-0.2, 0) is 5.54 Å². The minimum absolute atomic E-state index is 0.301. The molecule has 1 heterocycles. The van der Waals surface area contributed by atoms with Crippen molar-refractivity contribution in [2.45, 2.75) is 57.5 Å². The molecule has 0 amide bonds. The van der Waals surface area contributed by atoms with E-state index in [9.17, 15) is 0 Å². The molecule has 4 heteroatoms. The smallest absolute Gasteiger partial charge is 0.130 e. The van der Waals surface area contributed by atoms with Gasteiger partial charge in [-0.1, -0.05) is 36.9 Å². The van der Waals surface area contributed by atoms with Gasteiger partial charge in [0, 0.05) is 6.04 Å². The van der Waals surface area contributed by atoms with Gasteiger partial charge in [0.05, 0.1) is 21.6 Å². The number of benzene rings is 1. The van der Waals surface area contributed by atoms with Crippen LogP contribution in [-0.4, -0.2) is 9.55 Å². The molecule has 1 aliphatic carbocycles. The van der Waals surface area contributed by atoms with Crippen molar-refractivity contribution in [3.05, 3.63) is 29.0 Å². The average Bonchev–Trinajstić information content (AvgIpc) is 2.81. The largest absolute Gasteiger partial charge is 0.323 e. The van der Waals surface area contributed by atoms with E-state index in [1.54, 1.807) is 0 Å². The van der Waals surface area contributed by atoms with Gasteiger partial charge < -0.3 is 10.3 Å². The minimum Gasteiger partial charge on any atom is -0.323 e. The van der Waals surface area contributed by atoms with Gasteiger partial charge in [0.25, 0.3) is 0 Å². The number of nitrogens with two attached hydrogens (primary N) is 1. The van der Waals surface area contributed by atoms with Gasteiger partial charge in [-0.3, -0.25) is 0 Å². The lowest BCUT2D eigenvalue weighted by atomic mass is 9.82. The Labute approximate surface area is 125 Å². The molecular formula is C16H22ClN3. The highest BCUT2D eigenvalue weighted by molar-refractivity contribution is 6.35. The van der Waals surface area contributed by atoms with Crippen molar-refractivity contribution in [1.82, 2.24) is 9.55 Å². The van der Waals surface area contributed by atoms with Gasteiger partial charge in [0.2, 0.25) is 0 Å². The van der Waals surface area contributed by atoms with Crippen LogP contribution >= 0.6 is 11.6 Å². The zero-order chi connectivity index (χ0) is 14.3. The van der Waals surface area contributed by atoms with Crippen LogP contribution in [0, 0.1) is 0 Å². The van der Waals surface area contributed by atoms with Crippen LogP contribution < -0.4 is 5.73 Å². The highest BCUT2D eigenvalue weighted by Crippen LogP contribution is 2.38. The molecule has 0 spiro atoms. The van der Waals surface area contributed by atoms with Crippen molar-refractivity contribution >= 4 is 22.6 Å². The molecule has 3 rings (SSSR count). The molecule has 1 aromatic carbocycles. The Morgan fingerprint density at radius 1 is 1.25 bits per heavy atom. The number of rotatable bonds is 2. The predicted octanol–water partition coefficient (Wildman–Crippen LogP) is 4.39. The number of hydrogen-bond acceptors (Lipinski definition) is 2. The Balaban J connectivity index is 2.24. The van der Waals surface area contributed by atoms with Gasteiger partial charge in [0.1, 0.15) is 5.82 Å². The molecule has 0 aliphatic heterocycles. The molecule has 20 heavy (non-hydrogen) atoms. The summed E-state index contributed by atoms with van der Waals surface area (Å²) in [5.41, 5.74) is 8.38. The van der Waals surface area contributed by atoms with Crippen molar-refractivity contribution in [1.29, 1.82) is 0 Å². The number of para-hydroxylation sites is 1. The fourth-order valence-corrected chi connectivity index (χ4v) is 3.63. The molecule has 3 nitrogen and oxygen atoms in total. The SMILES string of the molecule is CC(C)n1c(C2(N)CCCCC2)nc2cccc(Cl)c21. The maximum atomic E-state index is 6.71. The van der Waals surface area contributed by atoms with E-state index >= 15 is 0 Å². The van der Waals surface area contributed by atoms with Crippen LogP contribution in [0.1, 0.15) is 57.8 Å². The maximum Gasteiger partial charge on any atom is 0.130 e. The van der Waals surface area contributed by atoms with Crippen molar-refractivity contribution in [3.8, 4) is 0 Å². The van der Waals surface area contributed by atoms with Crippen LogP contribution in [0.2, 0.25) is 5.02 Å². The molecule has 0 atom stereocenters. The summed E-state index contributed by atoms with van der Waals surface area (Å²) in [6.07, 6.45) is 5.68. The number of nitrogens with zero attached hydrogens (tertiary/aromatic N) is 2. The van der Waals surface area contributed by atoms with Gasteiger partial charge in [-0.2, -0.15) is 0 Å². The Bertz CT molecular complexity index is 624. The van der Waals surface area contributed by atoms with Crippen LogP contribution in [0.15, 0.2) is 18.2 Å². The fourth-order valence-electron chi connectivity index (χ4n) is 3.37. The van der Waals surface area contributed by atoms with E-state index in [1.807, 2.05) is 18.2 Å². The summed E-state index contributed by atoms with van der Waals surface area (Å²) in [6.45, 7) is 4.33. The number of halogens is 1. The summed E-state index contributed by atoms with van der Waals surface area (Å²) in [6, 6.07) is 6.21. The zero-order valence-corrected chi connectivity index (χ0v) is 13.0. The molecule has 0 unspecified atom stereocenters. The summed E-state index contributed by atoms with van der Waals surface area (Å²) >= 11 is 6.40. The second-order valence-corrected chi connectivity index (χ2v) is 6.63. The fraction of sp³-hybridized carbons (Fsp3) is 0.562. The van der Waals surface area contributed by atoms with Crippen molar-refractivity contribution in [2.75, 3.05) is 0 Å². The molecule has 1 aromatic heterocycles. The van der Waals surface area contributed by atoms with Crippen LogP contribution in [0.4, 0.5) is 0 Å². The van der Waals surface area contributed by atoms with Gasteiger partial charge in [0.15, 0.2) is 0 Å². The van der Waals surface area contributed by atoms with Crippen molar-refractivity contribution in [3.63, 3.8) is 0 Å². The van der Waals surface area contributed by atoms with E-state index in [2.05, 4.69) is 18.4 Å². The van der Waals surface area contributed by atoms with Crippen LogP contribution in [0.3, 0.4) is 0 Å². The Morgan fingerprint density at radius 3 is 2.60 bits per heavy atom. The summed E-state index contributed by atoms with van der Waals surface area (Å²) < 4.78 is 2.24. The second-order valence-electron chi connectivity index (χ2n) is 6.22. The van der Waals surface area contributed by atoms with Crippen LogP contribution in [0.25, 0.3) is 11.0 Å². The lowest BCUT2D eigenvalue weighted by Gasteiger charge is -2.34. The first-order valence-electron chi connectivity index (χ1n) is 7.49. The lowest BCUT2D eigenvalue weighted by Crippen LogP contribution is -2.41.